The number of hydrogen-bond donors (Lipinski definition) is 2. The molecule has 6 heteroatoms. The number of hydrogen-bond acceptors (Lipinski definition) is 5. The first kappa shape index (κ1) is 20.3. The Bertz CT molecular complexity index is 934. The standard InChI is InChI=1S/C23H27N5O/c1-4-28(5-2)20-12-10-19(11-13-20)27-23(29)21-14-22(26-16-25-21)24-15-18-8-6-17(3)7-9-18/h6-14,16H,4-5,15H2,1-3H3,(H,27,29)(H,24,25,26). The van der Waals surface area contributed by atoms with E-state index < -0.39 is 0 Å². The second-order valence-corrected chi connectivity index (χ2v) is 6.80. The van der Waals surface area contributed by atoms with Crippen LogP contribution in [0.4, 0.5) is 17.2 Å². The van der Waals surface area contributed by atoms with E-state index in [9.17, 15) is 4.79 Å². The molecule has 0 atom stereocenters. The lowest BCUT2D eigenvalue weighted by molar-refractivity contribution is 0.102. The smallest absolute Gasteiger partial charge is 0.274 e. The Kier molecular flexibility index (Phi) is 6.79. The van der Waals surface area contributed by atoms with E-state index in [1.165, 1.54) is 11.9 Å². The third kappa shape index (κ3) is 5.54. The molecular formula is C23H27N5O. The van der Waals surface area contributed by atoms with Gasteiger partial charge in [0.1, 0.15) is 17.8 Å². The maximum Gasteiger partial charge on any atom is 0.274 e. The fraction of sp³-hybridized carbons (Fsp3) is 0.261. The van der Waals surface area contributed by atoms with E-state index in [-0.39, 0.29) is 5.91 Å². The minimum atomic E-state index is -0.263. The van der Waals surface area contributed by atoms with E-state index in [0.717, 1.165) is 30.0 Å². The molecule has 0 aliphatic carbocycles. The summed E-state index contributed by atoms with van der Waals surface area (Å²) in [6.45, 7) is 8.83. The molecule has 0 spiro atoms. The molecule has 6 nitrogen and oxygen atoms in total. The van der Waals surface area contributed by atoms with E-state index in [4.69, 9.17) is 0 Å². The Morgan fingerprint density at radius 2 is 1.66 bits per heavy atom. The van der Waals surface area contributed by atoms with Crippen molar-refractivity contribution in [3.05, 3.63) is 77.7 Å². The first-order chi connectivity index (χ1) is 14.1. The fourth-order valence-corrected chi connectivity index (χ4v) is 3.02. The molecule has 29 heavy (non-hydrogen) atoms. The molecule has 0 saturated heterocycles. The van der Waals surface area contributed by atoms with Crippen molar-refractivity contribution in [3.63, 3.8) is 0 Å². The highest BCUT2D eigenvalue weighted by Crippen LogP contribution is 2.18. The summed E-state index contributed by atoms with van der Waals surface area (Å²) in [6.07, 6.45) is 1.40. The Labute approximate surface area is 172 Å². The van der Waals surface area contributed by atoms with Crippen LogP contribution in [0, 0.1) is 6.92 Å². The number of anilines is 3. The predicted molar refractivity (Wildman–Crippen MR) is 118 cm³/mol. The van der Waals surface area contributed by atoms with Crippen LogP contribution in [0.5, 0.6) is 0 Å². The number of benzene rings is 2. The van der Waals surface area contributed by atoms with Crippen LogP contribution in [0.25, 0.3) is 0 Å². The summed E-state index contributed by atoms with van der Waals surface area (Å²) in [6, 6.07) is 17.8. The van der Waals surface area contributed by atoms with Crippen molar-refractivity contribution in [3.8, 4) is 0 Å². The second kappa shape index (κ2) is 9.68. The van der Waals surface area contributed by atoms with Crippen LogP contribution < -0.4 is 15.5 Å². The Hall–Kier alpha value is -3.41. The highest BCUT2D eigenvalue weighted by molar-refractivity contribution is 6.03. The van der Waals surface area contributed by atoms with Gasteiger partial charge >= 0.3 is 0 Å². The quantitative estimate of drug-likeness (QED) is 0.594. The van der Waals surface area contributed by atoms with Crippen LogP contribution in [0.15, 0.2) is 60.9 Å². The molecule has 1 aromatic heterocycles. The molecule has 1 amide bonds. The molecule has 150 valence electrons. The third-order valence-electron chi connectivity index (χ3n) is 4.75. The molecular weight excluding hydrogens is 362 g/mol. The Morgan fingerprint density at radius 1 is 0.966 bits per heavy atom. The first-order valence-corrected chi connectivity index (χ1v) is 9.87. The van der Waals surface area contributed by atoms with Gasteiger partial charge in [0.25, 0.3) is 5.91 Å². The van der Waals surface area contributed by atoms with E-state index in [1.54, 1.807) is 6.07 Å². The molecule has 0 unspecified atom stereocenters. The van der Waals surface area contributed by atoms with Crippen molar-refractivity contribution >= 4 is 23.1 Å². The largest absolute Gasteiger partial charge is 0.372 e. The molecule has 0 bridgehead atoms. The van der Waals surface area contributed by atoms with Gasteiger partial charge in [-0.05, 0) is 50.6 Å². The number of nitrogens with zero attached hydrogens (tertiary/aromatic N) is 3. The van der Waals surface area contributed by atoms with E-state index in [2.05, 4.69) is 70.5 Å². The van der Waals surface area contributed by atoms with Crippen molar-refractivity contribution < 1.29 is 4.79 Å². The lowest BCUT2D eigenvalue weighted by Crippen LogP contribution is -2.21. The Balaban J connectivity index is 1.62. The van der Waals surface area contributed by atoms with Crippen molar-refractivity contribution in [2.24, 2.45) is 0 Å². The van der Waals surface area contributed by atoms with Gasteiger partial charge in [0.05, 0.1) is 0 Å². The number of aromatic nitrogens is 2. The lowest BCUT2D eigenvalue weighted by Gasteiger charge is -2.21. The van der Waals surface area contributed by atoms with Crippen LogP contribution in [0.3, 0.4) is 0 Å². The molecule has 0 aliphatic heterocycles. The monoisotopic (exact) mass is 389 g/mol. The zero-order valence-electron chi connectivity index (χ0n) is 17.1. The number of amides is 1. The van der Waals surface area contributed by atoms with Crippen molar-refractivity contribution in [2.75, 3.05) is 28.6 Å². The van der Waals surface area contributed by atoms with Gasteiger partial charge in [0.15, 0.2) is 0 Å². The maximum absolute atomic E-state index is 12.6. The summed E-state index contributed by atoms with van der Waals surface area (Å²) in [7, 11) is 0. The van der Waals surface area contributed by atoms with Crippen LogP contribution in [0.2, 0.25) is 0 Å². The predicted octanol–water partition coefficient (Wildman–Crippen LogP) is 4.50. The molecule has 0 radical (unpaired) electrons. The van der Waals surface area contributed by atoms with Gasteiger partial charge in [0, 0.05) is 37.1 Å². The van der Waals surface area contributed by atoms with Gasteiger partial charge in [-0.25, -0.2) is 9.97 Å². The summed E-state index contributed by atoms with van der Waals surface area (Å²) in [5.41, 5.74) is 4.56. The number of nitrogens with one attached hydrogen (secondary N) is 2. The third-order valence-corrected chi connectivity index (χ3v) is 4.75. The highest BCUT2D eigenvalue weighted by Gasteiger charge is 2.10. The summed E-state index contributed by atoms with van der Waals surface area (Å²) >= 11 is 0. The van der Waals surface area contributed by atoms with Gasteiger partial charge in [-0.2, -0.15) is 0 Å². The summed E-state index contributed by atoms with van der Waals surface area (Å²) in [5.74, 6) is 0.351. The number of rotatable bonds is 8. The van der Waals surface area contributed by atoms with Crippen molar-refractivity contribution in [2.45, 2.75) is 27.3 Å². The van der Waals surface area contributed by atoms with Gasteiger partial charge in [0.2, 0.25) is 0 Å². The van der Waals surface area contributed by atoms with Gasteiger partial charge in [-0.1, -0.05) is 29.8 Å². The van der Waals surface area contributed by atoms with Gasteiger partial charge < -0.3 is 15.5 Å². The average molecular weight is 390 g/mol. The van der Waals surface area contributed by atoms with Crippen LogP contribution in [-0.4, -0.2) is 29.0 Å². The summed E-state index contributed by atoms with van der Waals surface area (Å²) in [5, 5.41) is 6.13. The minimum absolute atomic E-state index is 0.263. The van der Waals surface area contributed by atoms with Crippen LogP contribution in [-0.2, 0) is 6.54 Å². The minimum Gasteiger partial charge on any atom is -0.372 e. The lowest BCUT2D eigenvalue weighted by atomic mass is 10.1. The van der Waals surface area contributed by atoms with Crippen molar-refractivity contribution in [1.82, 2.24) is 9.97 Å². The molecule has 2 N–H and O–H groups in total. The SMILES string of the molecule is CCN(CC)c1ccc(NC(=O)c2cc(NCc3ccc(C)cc3)ncn2)cc1. The molecule has 1 heterocycles. The summed E-state index contributed by atoms with van der Waals surface area (Å²) in [4.78, 5) is 23.1. The highest BCUT2D eigenvalue weighted by atomic mass is 16.1. The van der Waals surface area contributed by atoms with E-state index in [0.29, 0.717) is 18.1 Å². The molecule has 2 aromatic carbocycles. The van der Waals surface area contributed by atoms with Gasteiger partial charge in [-0.3, -0.25) is 4.79 Å². The zero-order chi connectivity index (χ0) is 20.6. The maximum atomic E-state index is 12.6. The average Bonchev–Trinajstić information content (AvgIpc) is 2.75. The van der Waals surface area contributed by atoms with Crippen molar-refractivity contribution in [1.29, 1.82) is 0 Å². The summed E-state index contributed by atoms with van der Waals surface area (Å²) < 4.78 is 0. The molecule has 0 aliphatic rings. The zero-order valence-corrected chi connectivity index (χ0v) is 17.1. The molecule has 0 saturated carbocycles. The number of aryl methyl sites for hydroxylation is 1. The van der Waals surface area contributed by atoms with Crippen LogP contribution >= 0.6 is 0 Å². The topological polar surface area (TPSA) is 70.2 Å². The number of carbonyl (C=O) groups excluding carboxylic acids is 1. The fourth-order valence-electron chi connectivity index (χ4n) is 3.02. The second-order valence-electron chi connectivity index (χ2n) is 6.80. The molecule has 0 fully saturated rings. The molecule has 3 aromatic rings. The molecule has 3 rings (SSSR count). The van der Waals surface area contributed by atoms with Crippen LogP contribution in [0.1, 0.15) is 35.5 Å². The van der Waals surface area contributed by atoms with Gasteiger partial charge in [-0.15, -0.1) is 0 Å². The normalized spacial score (nSPS) is 10.4. The number of carbonyl (C=O) groups is 1. The first-order valence-electron chi connectivity index (χ1n) is 9.87. The Morgan fingerprint density at radius 3 is 2.31 bits per heavy atom. The van der Waals surface area contributed by atoms with E-state index >= 15 is 0 Å². The van der Waals surface area contributed by atoms with E-state index in [1.807, 2.05) is 24.3 Å².